The predicted molar refractivity (Wildman–Crippen MR) is 63.8 cm³/mol. The van der Waals surface area contributed by atoms with Gasteiger partial charge in [-0.3, -0.25) is 4.79 Å². The Balaban J connectivity index is 2.07. The molecule has 1 heterocycles. The number of thiophene rings is 1. The summed E-state index contributed by atoms with van der Waals surface area (Å²) in [4.78, 5) is 12.4. The van der Waals surface area contributed by atoms with E-state index in [4.69, 9.17) is 5.11 Å². The molecule has 0 unspecified atom stereocenters. The first-order valence-corrected chi connectivity index (χ1v) is 6.28. The molecule has 0 aromatic carbocycles. The molecule has 1 aromatic heterocycles. The third-order valence-electron chi connectivity index (χ3n) is 2.77. The molecule has 1 aliphatic rings. The normalized spacial score (nSPS) is 16.4. The number of hydrogen-bond acceptors (Lipinski definition) is 3. The highest BCUT2D eigenvalue weighted by molar-refractivity contribution is 7.14. The van der Waals surface area contributed by atoms with Gasteiger partial charge in [0.25, 0.3) is 5.91 Å². The molecule has 0 saturated heterocycles. The molecule has 1 aromatic rings. The lowest BCUT2D eigenvalue weighted by Gasteiger charge is -2.20. The number of amides is 1. The maximum absolute atomic E-state index is 12.7. The Bertz CT molecular complexity index is 549. The zero-order chi connectivity index (χ0) is 14.1. The zero-order valence-corrected chi connectivity index (χ0v) is 10.5. The second kappa shape index (κ2) is 4.87. The number of alkyl halides is 3. The lowest BCUT2D eigenvalue weighted by Crippen LogP contribution is -2.47. The fraction of sp³-hybridized carbons (Fsp3) is 0.417. The maximum Gasteiger partial charge on any atom is 0.411 e. The van der Waals surface area contributed by atoms with Gasteiger partial charge in [-0.25, -0.2) is 0 Å². The van der Waals surface area contributed by atoms with E-state index in [1.807, 2.05) is 5.32 Å². The van der Waals surface area contributed by atoms with Gasteiger partial charge in [0.1, 0.15) is 12.1 Å². The van der Waals surface area contributed by atoms with Crippen LogP contribution < -0.4 is 5.32 Å². The summed E-state index contributed by atoms with van der Waals surface area (Å²) in [5, 5.41) is 10.6. The highest BCUT2D eigenvalue weighted by Gasteiger charge is 2.64. The number of carbonyl (C=O) groups excluding carboxylic acids is 1. The van der Waals surface area contributed by atoms with Crippen molar-refractivity contribution in [2.24, 2.45) is 0 Å². The van der Waals surface area contributed by atoms with E-state index >= 15 is 0 Å². The Labute approximate surface area is 111 Å². The molecule has 0 radical (unpaired) electrons. The van der Waals surface area contributed by atoms with E-state index in [1.54, 1.807) is 0 Å². The van der Waals surface area contributed by atoms with Crippen molar-refractivity contribution in [2.45, 2.75) is 24.6 Å². The molecular weight excluding hydrogens is 279 g/mol. The van der Waals surface area contributed by atoms with Crippen molar-refractivity contribution in [1.82, 2.24) is 5.32 Å². The molecule has 3 nitrogen and oxygen atoms in total. The number of halogens is 3. The summed E-state index contributed by atoms with van der Waals surface area (Å²) in [5.74, 6) is 4.26. The molecule has 102 valence electrons. The van der Waals surface area contributed by atoms with E-state index in [-0.39, 0.29) is 24.3 Å². The van der Waals surface area contributed by atoms with Crippen molar-refractivity contribution in [3.63, 3.8) is 0 Å². The van der Waals surface area contributed by atoms with Crippen LogP contribution in [0, 0.1) is 11.8 Å². The van der Waals surface area contributed by atoms with Crippen LogP contribution in [0.5, 0.6) is 0 Å². The van der Waals surface area contributed by atoms with Gasteiger partial charge >= 0.3 is 6.18 Å². The molecule has 0 atom stereocenters. The van der Waals surface area contributed by atoms with Gasteiger partial charge in [0, 0.05) is 0 Å². The third kappa shape index (κ3) is 2.91. The van der Waals surface area contributed by atoms with Crippen LogP contribution >= 0.6 is 11.3 Å². The monoisotopic (exact) mass is 289 g/mol. The summed E-state index contributed by atoms with van der Waals surface area (Å²) in [6, 6.07) is 2.96. The Morgan fingerprint density at radius 2 is 2.16 bits per heavy atom. The van der Waals surface area contributed by atoms with Gasteiger partial charge in [-0.15, -0.1) is 11.3 Å². The average Bonchev–Trinajstić information content (AvgIpc) is 2.97. The second-order valence-corrected chi connectivity index (χ2v) is 5.24. The van der Waals surface area contributed by atoms with Crippen molar-refractivity contribution in [3.8, 4) is 11.8 Å². The van der Waals surface area contributed by atoms with Crippen molar-refractivity contribution in [2.75, 3.05) is 6.61 Å². The summed E-state index contributed by atoms with van der Waals surface area (Å²) in [6.07, 6.45) is -4.57. The number of carbonyl (C=O) groups is 1. The van der Waals surface area contributed by atoms with Crippen LogP contribution in [-0.4, -0.2) is 29.3 Å². The predicted octanol–water partition coefficient (Wildman–Crippen LogP) is 1.92. The van der Waals surface area contributed by atoms with Crippen LogP contribution in [0.15, 0.2) is 12.1 Å². The quantitative estimate of drug-likeness (QED) is 0.817. The summed E-state index contributed by atoms with van der Waals surface area (Å²) in [6.45, 7) is -0.309. The Morgan fingerprint density at radius 1 is 1.47 bits per heavy atom. The largest absolute Gasteiger partial charge is 0.411 e. The fourth-order valence-corrected chi connectivity index (χ4v) is 2.31. The van der Waals surface area contributed by atoms with Crippen LogP contribution in [0.1, 0.15) is 27.4 Å². The number of nitrogens with one attached hydrogen (secondary N) is 1. The molecule has 0 aliphatic heterocycles. The van der Waals surface area contributed by atoms with Crippen LogP contribution in [0.4, 0.5) is 13.2 Å². The lowest BCUT2D eigenvalue weighted by molar-refractivity contribution is -0.163. The van der Waals surface area contributed by atoms with Crippen LogP contribution in [-0.2, 0) is 0 Å². The van der Waals surface area contributed by atoms with Crippen molar-refractivity contribution >= 4 is 17.2 Å². The topological polar surface area (TPSA) is 49.3 Å². The maximum atomic E-state index is 12.7. The van der Waals surface area contributed by atoms with E-state index in [1.165, 1.54) is 12.1 Å². The second-order valence-electron chi connectivity index (χ2n) is 4.16. The van der Waals surface area contributed by atoms with Crippen molar-refractivity contribution in [1.29, 1.82) is 0 Å². The summed E-state index contributed by atoms with van der Waals surface area (Å²) < 4.78 is 38.0. The lowest BCUT2D eigenvalue weighted by atomic mass is 10.2. The molecule has 7 heteroatoms. The van der Waals surface area contributed by atoms with E-state index < -0.39 is 17.6 Å². The molecule has 0 bridgehead atoms. The molecule has 2 N–H and O–H groups in total. The number of rotatable bonds is 2. The van der Waals surface area contributed by atoms with Crippen molar-refractivity contribution < 1.29 is 23.1 Å². The Morgan fingerprint density at radius 3 is 2.68 bits per heavy atom. The molecular formula is C12H10F3NO2S. The molecule has 1 aliphatic carbocycles. The SMILES string of the molecule is O=C(NC1(C(F)(F)F)CC1)c1ccc(C#CCO)s1. The standard InChI is InChI=1S/C12H10F3NO2S/c13-12(14,15)11(5-6-11)16-10(18)9-4-3-8(19-9)2-1-7-17/h3-4,17H,5-7H2,(H,16,18). The first-order valence-electron chi connectivity index (χ1n) is 5.47. The van der Waals surface area contributed by atoms with Gasteiger partial charge in [0.2, 0.25) is 0 Å². The van der Waals surface area contributed by atoms with Gasteiger partial charge in [0.05, 0.1) is 9.75 Å². The molecule has 0 spiro atoms. The first-order chi connectivity index (χ1) is 8.88. The molecule has 19 heavy (non-hydrogen) atoms. The van der Waals surface area contributed by atoms with E-state index in [0.717, 1.165) is 11.3 Å². The summed E-state index contributed by atoms with van der Waals surface area (Å²) in [5.41, 5.74) is -2.05. The molecule has 1 fully saturated rings. The van der Waals surface area contributed by atoms with E-state index in [2.05, 4.69) is 11.8 Å². The fourth-order valence-electron chi connectivity index (χ4n) is 1.54. The minimum Gasteiger partial charge on any atom is -0.384 e. The minimum atomic E-state index is -4.42. The van der Waals surface area contributed by atoms with Gasteiger partial charge in [-0.2, -0.15) is 13.2 Å². The highest BCUT2D eigenvalue weighted by Crippen LogP contribution is 2.49. The van der Waals surface area contributed by atoms with Gasteiger partial charge in [-0.05, 0) is 25.0 Å². The first kappa shape index (κ1) is 13.9. The number of aliphatic hydroxyl groups excluding tert-OH is 1. The van der Waals surface area contributed by atoms with Crippen LogP contribution in [0.3, 0.4) is 0 Å². The van der Waals surface area contributed by atoms with E-state index in [0.29, 0.717) is 4.88 Å². The van der Waals surface area contributed by atoms with Gasteiger partial charge in [-0.1, -0.05) is 11.8 Å². The third-order valence-corrected chi connectivity index (χ3v) is 3.77. The molecule has 1 saturated carbocycles. The van der Waals surface area contributed by atoms with Crippen molar-refractivity contribution in [3.05, 3.63) is 21.9 Å². The van der Waals surface area contributed by atoms with Crippen LogP contribution in [0.25, 0.3) is 0 Å². The average molecular weight is 289 g/mol. The van der Waals surface area contributed by atoms with Gasteiger partial charge in [0.15, 0.2) is 0 Å². The highest BCUT2D eigenvalue weighted by atomic mass is 32.1. The Hall–Kier alpha value is -1.52. The minimum absolute atomic E-state index is 0.0786. The van der Waals surface area contributed by atoms with E-state index in [9.17, 15) is 18.0 Å². The van der Waals surface area contributed by atoms with Gasteiger partial charge < -0.3 is 10.4 Å². The summed E-state index contributed by atoms with van der Waals surface area (Å²) >= 11 is 0.996. The smallest absolute Gasteiger partial charge is 0.384 e. The number of aliphatic hydroxyl groups is 1. The summed E-state index contributed by atoms with van der Waals surface area (Å²) in [7, 11) is 0. The van der Waals surface area contributed by atoms with Crippen LogP contribution in [0.2, 0.25) is 0 Å². The Kier molecular flexibility index (Phi) is 3.56. The molecule has 2 rings (SSSR count). The molecule has 1 amide bonds. The zero-order valence-electron chi connectivity index (χ0n) is 9.67. The number of hydrogen-bond donors (Lipinski definition) is 2.